The summed E-state index contributed by atoms with van der Waals surface area (Å²) in [4.78, 5) is 11.9. The van der Waals surface area contributed by atoms with Crippen molar-refractivity contribution >= 4 is 5.97 Å². The van der Waals surface area contributed by atoms with Gasteiger partial charge in [0.1, 0.15) is 0 Å². The van der Waals surface area contributed by atoms with Gasteiger partial charge in [-0.1, -0.05) is 19.3 Å². The fourth-order valence-corrected chi connectivity index (χ4v) is 3.81. The van der Waals surface area contributed by atoms with E-state index in [4.69, 9.17) is 9.47 Å². The molecule has 90 valence electrons. The molecular formula is C13H20O3. The van der Waals surface area contributed by atoms with E-state index in [1.165, 1.54) is 25.7 Å². The molecule has 0 aromatic rings. The largest absolute Gasteiger partial charge is 0.433 e. The highest BCUT2D eigenvalue weighted by Gasteiger charge is 2.64. The molecule has 1 heterocycles. The summed E-state index contributed by atoms with van der Waals surface area (Å²) in [5.41, 5.74) is -0.171. The Bertz CT molecular complexity index is 323. The lowest BCUT2D eigenvalue weighted by atomic mass is 9.58. The van der Waals surface area contributed by atoms with Gasteiger partial charge in [-0.05, 0) is 25.2 Å². The molecule has 0 amide bonds. The Hall–Kier alpha value is -0.570. The van der Waals surface area contributed by atoms with Crippen molar-refractivity contribution in [1.29, 1.82) is 0 Å². The zero-order chi connectivity index (χ0) is 11.4. The van der Waals surface area contributed by atoms with Crippen LogP contribution in [-0.2, 0) is 14.3 Å². The summed E-state index contributed by atoms with van der Waals surface area (Å²) in [6.07, 6.45) is 7.01. The van der Waals surface area contributed by atoms with E-state index in [9.17, 15) is 4.79 Å². The molecule has 0 unspecified atom stereocenters. The van der Waals surface area contributed by atoms with Crippen molar-refractivity contribution in [3.05, 3.63) is 0 Å². The van der Waals surface area contributed by atoms with Crippen LogP contribution in [-0.4, -0.2) is 17.4 Å². The number of carbonyl (C=O) groups is 1. The van der Waals surface area contributed by atoms with Crippen molar-refractivity contribution < 1.29 is 14.3 Å². The van der Waals surface area contributed by atoms with Gasteiger partial charge in [-0.25, -0.2) is 0 Å². The molecule has 3 nitrogen and oxygen atoms in total. The van der Waals surface area contributed by atoms with Gasteiger partial charge in [-0.2, -0.15) is 0 Å². The number of ether oxygens (including phenoxy) is 2. The lowest BCUT2D eigenvalue weighted by Gasteiger charge is -2.59. The van der Waals surface area contributed by atoms with Crippen LogP contribution >= 0.6 is 0 Å². The van der Waals surface area contributed by atoms with E-state index in [0.717, 1.165) is 12.8 Å². The first-order valence-corrected chi connectivity index (χ1v) is 6.46. The topological polar surface area (TPSA) is 35.5 Å². The van der Waals surface area contributed by atoms with Crippen molar-refractivity contribution in [1.82, 2.24) is 0 Å². The van der Waals surface area contributed by atoms with Crippen LogP contribution in [0.4, 0.5) is 0 Å². The quantitative estimate of drug-likeness (QED) is 0.593. The third-order valence-electron chi connectivity index (χ3n) is 4.49. The van der Waals surface area contributed by atoms with Gasteiger partial charge in [0.15, 0.2) is 0 Å². The van der Waals surface area contributed by atoms with Crippen LogP contribution in [0.3, 0.4) is 0 Å². The first-order chi connectivity index (χ1) is 7.54. The highest BCUT2D eigenvalue weighted by Crippen LogP contribution is 2.58. The second kappa shape index (κ2) is 3.22. The Morgan fingerprint density at radius 1 is 1.25 bits per heavy atom. The smallest absolute Gasteiger partial charge is 0.314 e. The van der Waals surface area contributed by atoms with Gasteiger partial charge in [0, 0.05) is 13.8 Å². The molecule has 3 rings (SSSR count). The van der Waals surface area contributed by atoms with Crippen LogP contribution < -0.4 is 0 Å². The molecule has 2 saturated carbocycles. The number of rotatable bonds is 0. The van der Waals surface area contributed by atoms with Gasteiger partial charge >= 0.3 is 5.97 Å². The standard InChI is InChI=1S/C13H20O3/c1-12(2)15-11(14)10-8-9-6-4-3-5-7-13(9,10)16-12/h9-10H,3-8H2,1-2H3/t9-,10+,13+/m1/s1. The maximum Gasteiger partial charge on any atom is 0.314 e. The molecule has 16 heavy (non-hydrogen) atoms. The summed E-state index contributed by atoms with van der Waals surface area (Å²) in [7, 11) is 0. The number of hydrogen-bond donors (Lipinski definition) is 0. The zero-order valence-electron chi connectivity index (χ0n) is 10.1. The van der Waals surface area contributed by atoms with Crippen molar-refractivity contribution in [3.63, 3.8) is 0 Å². The van der Waals surface area contributed by atoms with E-state index in [1.807, 2.05) is 13.8 Å². The molecule has 3 heteroatoms. The highest BCUT2D eigenvalue weighted by molar-refractivity contribution is 5.76. The second-order valence-electron chi connectivity index (χ2n) is 5.96. The molecule has 0 N–H and O–H groups in total. The van der Waals surface area contributed by atoms with Crippen LogP contribution in [0.5, 0.6) is 0 Å². The maximum atomic E-state index is 11.9. The monoisotopic (exact) mass is 224 g/mol. The van der Waals surface area contributed by atoms with E-state index >= 15 is 0 Å². The van der Waals surface area contributed by atoms with Crippen LogP contribution in [0.15, 0.2) is 0 Å². The normalized spacial score (nSPS) is 45.8. The Labute approximate surface area is 96.5 Å². The molecular weight excluding hydrogens is 204 g/mol. The average Bonchev–Trinajstić information content (AvgIpc) is 2.28. The number of carbonyl (C=O) groups excluding carboxylic acids is 1. The lowest BCUT2D eigenvalue weighted by Crippen LogP contribution is -2.67. The Kier molecular flexibility index (Phi) is 2.13. The summed E-state index contributed by atoms with van der Waals surface area (Å²) in [5.74, 6) is -0.151. The SMILES string of the molecule is CC1(C)OC(=O)[C@@H]2C[C@H]3CCCCC[C@]32O1. The summed E-state index contributed by atoms with van der Waals surface area (Å²) in [6, 6.07) is 0. The zero-order valence-corrected chi connectivity index (χ0v) is 10.1. The minimum atomic E-state index is -0.726. The summed E-state index contributed by atoms with van der Waals surface area (Å²) in [5, 5.41) is 0. The Balaban J connectivity index is 1.91. The van der Waals surface area contributed by atoms with Crippen molar-refractivity contribution in [2.75, 3.05) is 0 Å². The Morgan fingerprint density at radius 2 is 2.06 bits per heavy atom. The first-order valence-electron chi connectivity index (χ1n) is 6.46. The van der Waals surface area contributed by atoms with Crippen LogP contribution in [0.2, 0.25) is 0 Å². The van der Waals surface area contributed by atoms with Gasteiger partial charge in [0.2, 0.25) is 5.79 Å². The van der Waals surface area contributed by atoms with Crippen LogP contribution in [0.25, 0.3) is 0 Å². The first kappa shape index (κ1) is 10.6. The molecule has 1 aliphatic heterocycles. The highest BCUT2D eigenvalue weighted by atomic mass is 16.7. The van der Waals surface area contributed by atoms with Crippen molar-refractivity contribution in [2.24, 2.45) is 11.8 Å². The molecule has 0 aromatic carbocycles. The molecule has 3 atom stereocenters. The molecule has 0 aromatic heterocycles. The molecule has 0 bridgehead atoms. The number of esters is 1. The van der Waals surface area contributed by atoms with Gasteiger partial charge in [-0.3, -0.25) is 4.79 Å². The number of hydrogen-bond acceptors (Lipinski definition) is 3. The average molecular weight is 224 g/mol. The fourth-order valence-electron chi connectivity index (χ4n) is 3.81. The molecule has 1 spiro atoms. The minimum Gasteiger partial charge on any atom is -0.433 e. The van der Waals surface area contributed by atoms with E-state index in [2.05, 4.69) is 0 Å². The number of cyclic esters (lactones) is 1. The van der Waals surface area contributed by atoms with Crippen LogP contribution in [0, 0.1) is 11.8 Å². The van der Waals surface area contributed by atoms with Gasteiger partial charge in [0.25, 0.3) is 0 Å². The third-order valence-corrected chi connectivity index (χ3v) is 4.49. The summed E-state index contributed by atoms with van der Waals surface area (Å²) in [6.45, 7) is 3.71. The van der Waals surface area contributed by atoms with Crippen LogP contribution in [0.1, 0.15) is 52.4 Å². The van der Waals surface area contributed by atoms with E-state index in [1.54, 1.807) is 0 Å². The third kappa shape index (κ3) is 1.33. The minimum absolute atomic E-state index is 0.0172. The maximum absolute atomic E-state index is 11.9. The summed E-state index contributed by atoms with van der Waals surface area (Å²) < 4.78 is 11.5. The molecule has 1 saturated heterocycles. The van der Waals surface area contributed by atoms with Gasteiger partial charge in [-0.15, -0.1) is 0 Å². The lowest BCUT2D eigenvalue weighted by molar-refractivity contribution is -0.348. The molecule has 0 radical (unpaired) electrons. The predicted octanol–water partition coefficient (Wildman–Crippen LogP) is 2.63. The predicted molar refractivity (Wildman–Crippen MR) is 58.7 cm³/mol. The summed E-state index contributed by atoms with van der Waals surface area (Å²) >= 11 is 0. The van der Waals surface area contributed by atoms with E-state index in [0.29, 0.717) is 5.92 Å². The second-order valence-corrected chi connectivity index (χ2v) is 5.96. The van der Waals surface area contributed by atoms with Crippen molar-refractivity contribution in [2.45, 2.75) is 63.8 Å². The van der Waals surface area contributed by atoms with E-state index in [-0.39, 0.29) is 17.5 Å². The van der Waals surface area contributed by atoms with Gasteiger partial charge in [0.05, 0.1) is 11.5 Å². The van der Waals surface area contributed by atoms with Gasteiger partial charge < -0.3 is 9.47 Å². The molecule has 3 aliphatic rings. The molecule has 3 fully saturated rings. The molecule has 2 aliphatic carbocycles. The van der Waals surface area contributed by atoms with Crippen molar-refractivity contribution in [3.8, 4) is 0 Å². The Morgan fingerprint density at radius 3 is 2.88 bits per heavy atom. The fraction of sp³-hybridized carbons (Fsp3) is 0.923. The van der Waals surface area contributed by atoms with E-state index < -0.39 is 5.79 Å².